The molecule has 0 amide bonds. The van der Waals surface area contributed by atoms with E-state index in [1.54, 1.807) is 0 Å². The molecule has 0 aliphatic carbocycles. The Morgan fingerprint density at radius 2 is 2.00 bits per heavy atom. The molecule has 116 valence electrons. The summed E-state index contributed by atoms with van der Waals surface area (Å²) in [6.07, 6.45) is 1.20. The lowest BCUT2D eigenvalue weighted by Gasteiger charge is -2.11. The van der Waals surface area contributed by atoms with Gasteiger partial charge in [-0.25, -0.2) is 4.98 Å². The lowest BCUT2D eigenvalue weighted by atomic mass is 10.1. The molecule has 0 bridgehead atoms. The van der Waals surface area contributed by atoms with E-state index in [0.717, 1.165) is 16.5 Å². The van der Waals surface area contributed by atoms with E-state index in [0.29, 0.717) is 10.7 Å². The number of pyridine rings is 2. The van der Waals surface area contributed by atoms with Gasteiger partial charge >= 0.3 is 0 Å². The Balaban J connectivity index is 2.12. The normalized spacial score (nSPS) is 10.9. The molecule has 3 aromatic rings. The number of para-hydroxylation sites is 1. The largest absolute Gasteiger partial charge is 0.303 e. The fraction of sp³-hybridized carbons (Fsp3) is 0.125. The highest BCUT2D eigenvalue weighted by atomic mass is 35.5. The molecule has 0 saturated carbocycles. The van der Waals surface area contributed by atoms with Gasteiger partial charge in [-0.2, -0.15) is 0 Å². The Morgan fingerprint density at radius 1 is 1.26 bits per heavy atom. The third-order valence-corrected chi connectivity index (χ3v) is 4.15. The quantitative estimate of drug-likeness (QED) is 0.545. The summed E-state index contributed by atoms with van der Waals surface area (Å²) in [5.74, 6) is 0. The van der Waals surface area contributed by atoms with Gasteiger partial charge in [-0.1, -0.05) is 29.8 Å². The highest BCUT2D eigenvalue weighted by Crippen LogP contribution is 2.27. The van der Waals surface area contributed by atoms with Crippen LogP contribution in [0.5, 0.6) is 0 Å². The third kappa shape index (κ3) is 2.80. The molecule has 3 rings (SSSR count). The summed E-state index contributed by atoms with van der Waals surface area (Å²) in [5, 5.41) is 12.3. The van der Waals surface area contributed by atoms with Gasteiger partial charge in [-0.3, -0.25) is 14.9 Å². The van der Waals surface area contributed by atoms with Crippen LogP contribution < -0.4 is 5.56 Å². The monoisotopic (exact) mass is 329 g/mol. The molecule has 0 radical (unpaired) electrons. The van der Waals surface area contributed by atoms with Crippen molar-refractivity contribution in [2.24, 2.45) is 0 Å². The summed E-state index contributed by atoms with van der Waals surface area (Å²) in [4.78, 5) is 26.7. The van der Waals surface area contributed by atoms with Gasteiger partial charge in [-0.05, 0) is 18.6 Å². The van der Waals surface area contributed by atoms with Crippen LogP contribution in [0, 0.1) is 17.0 Å². The van der Waals surface area contributed by atoms with Crippen LogP contribution in [0.3, 0.4) is 0 Å². The van der Waals surface area contributed by atoms with E-state index in [2.05, 4.69) is 4.98 Å². The molecule has 0 atom stereocenters. The number of nitrogens with zero attached hydrogens (tertiary/aromatic N) is 3. The van der Waals surface area contributed by atoms with Gasteiger partial charge in [0.1, 0.15) is 0 Å². The zero-order chi connectivity index (χ0) is 16.6. The molecule has 1 aromatic carbocycles. The van der Waals surface area contributed by atoms with Gasteiger partial charge in [0.2, 0.25) is 0 Å². The van der Waals surface area contributed by atoms with Gasteiger partial charge in [-0.15, -0.1) is 0 Å². The Morgan fingerprint density at radius 3 is 2.74 bits per heavy atom. The topological polar surface area (TPSA) is 78.0 Å². The standard InChI is InChI=1S/C16H12ClN3O3/c1-10-12-4-2-3-5-13(12)18-14(16(10)17)9-19-8-11(20(22)23)6-7-15(19)21/h2-8H,9H2,1H3. The molecule has 0 unspecified atom stereocenters. The molecule has 2 heterocycles. The number of halogens is 1. The van der Waals surface area contributed by atoms with Crippen molar-refractivity contribution in [1.82, 2.24) is 9.55 Å². The summed E-state index contributed by atoms with van der Waals surface area (Å²) in [6.45, 7) is 1.96. The second-order valence-electron chi connectivity index (χ2n) is 5.13. The maximum Gasteiger partial charge on any atom is 0.285 e. The molecule has 0 spiro atoms. The Hall–Kier alpha value is -2.73. The first-order chi connectivity index (χ1) is 11.0. The van der Waals surface area contributed by atoms with Crippen LogP contribution in [0.4, 0.5) is 5.69 Å². The average molecular weight is 330 g/mol. The highest BCUT2D eigenvalue weighted by molar-refractivity contribution is 6.32. The van der Waals surface area contributed by atoms with Crippen LogP contribution in [0.1, 0.15) is 11.3 Å². The number of rotatable bonds is 3. The number of benzene rings is 1. The van der Waals surface area contributed by atoms with Crippen LogP contribution in [-0.2, 0) is 6.54 Å². The van der Waals surface area contributed by atoms with Gasteiger partial charge < -0.3 is 4.57 Å². The molecule has 7 heteroatoms. The summed E-state index contributed by atoms with van der Waals surface area (Å²) >= 11 is 6.37. The molecule has 23 heavy (non-hydrogen) atoms. The van der Waals surface area contributed by atoms with E-state index < -0.39 is 4.92 Å². The average Bonchev–Trinajstić information content (AvgIpc) is 2.54. The first kappa shape index (κ1) is 15.2. The van der Waals surface area contributed by atoms with E-state index >= 15 is 0 Å². The number of hydrogen-bond donors (Lipinski definition) is 0. The summed E-state index contributed by atoms with van der Waals surface area (Å²) < 4.78 is 1.24. The van der Waals surface area contributed by atoms with Gasteiger partial charge in [0.25, 0.3) is 11.2 Å². The van der Waals surface area contributed by atoms with Crippen molar-refractivity contribution >= 4 is 28.2 Å². The van der Waals surface area contributed by atoms with E-state index in [1.807, 2.05) is 31.2 Å². The molecule has 0 N–H and O–H groups in total. The molecule has 6 nitrogen and oxygen atoms in total. The van der Waals surface area contributed by atoms with E-state index in [4.69, 9.17) is 11.6 Å². The smallest absolute Gasteiger partial charge is 0.285 e. The van der Waals surface area contributed by atoms with Crippen molar-refractivity contribution in [3.05, 3.63) is 79.3 Å². The molecule has 2 aromatic heterocycles. The SMILES string of the molecule is Cc1c(Cl)c(Cn2cc([N+](=O)[O-])ccc2=O)nc2ccccc12. The minimum absolute atomic E-state index is 0.0744. The molecule has 0 aliphatic heterocycles. The number of nitro groups is 1. The van der Waals surface area contributed by atoms with Crippen LogP contribution in [0.2, 0.25) is 5.02 Å². The van der Waals surface area contributed by atoms with Crippen molar-refractivity contribution < 1.29 is 4.92 Å². The second-order valence-corrected chi connectivity index (χ2v) is 5.50. The number of aromatic nitrogens is 2. The Labute approximate surface area is 136 Å². The lowest BCUT2D eigenvalue weighted by molar-refractivity contribution is -0.385. The summed E-state index contributed by atoms with van der Waals surface area (Å²) in [5.41, 5.74) is 1.64. The minimum Gasteiger partial charge on any atom is -0.303 e. The number of hydrogen-bond acceptors (Lipinski definition) is 4. The van der Waals surface area contributed by atoms with Crippen molar-refractivity contribution in [3.8, 4) is 0 Å². The Bertz CT molecular complexity index is 982. The van der Waals surface area contributed by atoms with Crippen LogP contribution in [-0.4, -0.2) is 14.5 Å². The zero-order valence-corrected chi connectivity index (χ0v) is 12.9. The van der Waals surface area contributed by atoms with Crippen LogP contribution in [0.25, 0.3) is 10.9 Å². The highest BCUT2D eigenvalue weighted by Gasteiger charge is 2.13. The molecule has 0 saturated heterocycles. The van der Waals surface area contributed by atoms with Crippen molar-refractivity contribution in [2.75, 3.05) is 0 Å². The zero-order valence-electron chi connectivity index (χ0n) is 12.2. The van der Waals surface area contributed by atoms with Crippen molar-refractivity contribution in [2.45, 2.75) is 13.5 Å². The van der Waals surface area contributed by atoms with Crippen molar-refractivity contribution in [1.29, 1.82) is 0 Å². The summed E-state index contributed by atoms with van der Waals surface area (Å²) in [7, 11) is 0. The maximum atomic E-state index is 11.9. The van der Waals surface area contributed by atoms with E-state index in [-0.39, 0.29) is 17.8 Å². The van der Waals surface area contributed by atoms with Gasteiger partial charge in [0, 0.05) is 17.5 Å². The van der Waals surface area contributed by atoms with Crippen LogP contribution in [0.15, 0.2) is 47.4 Å². The molecular weight excluding hydrogens is 318 g/mol. The predicted molar refractivity (Wildman–Crippen MR) is 87.9 cm³/mol. The Kier molecular flexibility index (Phi) is 3.83. The van der Waals surface area contributed by atoms with Gasteiger partial charge in [0.05, 0.1) is 33.9 Å². The number of fused-ring (bicyclic) bond motifs is 1. The maximum absolute atomic E-state index is 11.9. The first-order valence-corrected chi connectivity index (χ1v) is 7.24. The molecule has 0 aliphatic rings. The lowest BCUT2D eigenvalue weighted by Crippen LogP contribution is -2.20. The minimum atomic E-state index is -0.545. The third-order valence-electron chi connectivity index (χ3n) is 3.64. The first-order valence-electron chi connectivity index (χ1n) is 6.86. The van der Waals surface area contributed by atoms with E-state index in [1.165, 1.54) is 22.9 Å². The molecular formula is C16H12ClN3O3. The van der Waals surface area contributed by atoms with E-state index in [9.17, 15) is 14.9 Å². The second kappa shape index (κ2) is 5.81. The van der Waals surface area contributed by atoms with Gasteiger partial charge in [0.15, 0.2) is 0 Å². The number of aryl methyl sites for hydroxylation is 1. The van der Waals surface area contributed by atoms with Crippen molar-refractivity contribution in [3.63, 3.8) is 0 Å². The predicted octanol–water partition coefficient (Wildman–Crippen LogP) is 3.31. The fourth-order valence-corrected chi connectivity index (χ4v) is 2.64. The van der Waals surface area contributed by atoms with Crippen LogP contribution >= 0.6 is 11.6 Å². The summed E-state index contributed by atoms with van der Waals surface area (Å²) in [6, 6.07) is 9.90. The molecule has 0 fully saturated rings. The fourth-order valence-electron chi connectivity index (χ4n) is 2.43.